The summed E-state index contributed by atoms with van der Waals surface area (Å²) in [6.45, 7) is 0. The Labute approximate surface area is 153 Å². The maximum atomic E-state index is 12.6. The lowest BCUT2D eigenvalue weighted by Gasteiger charge is -2.13. The molecule has 0 radical (unpaired) electrons. The lowest BCUT2D eigenvalue weighted by Crippen LogP contribution is -2.14. The van der Waals surface area contributed by atoms with E-state index in [-0.39, 0.29) is 11.3 Å². The normalized spacial score (nSPS) is 10.4. The number of rotatable bonds is 5. The van der Waals surface area contributed by atoms with Crippen LogP contribution in [0.15, 0.2) is 60.9 Å². The topological polar surface area (TPSA) is 86.4 Å². The lowest BCUT2D eigenvalue weighted by molar-refractivity contribution is -0.384. The summed E-state index contributed by atoms with van der Waals surface area (Å²) in [5, 5.41) is 13.8. The number of ether oxygens (including phenoxy) is 1. The molecule has 3 rings (SSSR count). The summed E-state index contributed by atoms with van der Waals surface area (Å²) in [5.41, 5.74) is 1.08. The van der Waals surface area contributed by atoms with E-state index in [0.29, 0.717) is 22.1 Å². The molecular formula is C18H14ClN3O4. The monoisotopic (exact) mass is 371 g/mol. The van der Waals surface area contributed by atoms with Crippen molar-refractivity contribution in [1.82, 2.24) is 4.57 Å². The van der Waals surface area contributed by atoms with Gasteiger partial charge in [-0.25, -0.2) is 0 Å². The second kappa shape index (κ2) is 7.28. The Morgan fingerprint density at radius 2 is 1.92 bits per heavy atom. The van der Waals surface area contributed by atoms with E-state index in [0.717, 1.165) is 0 Å². The number of benzene rings is 2. The Kier molecular flexibility index (Phi) is 4.90. The number of hydrogen-bond donors (Lipinski definition) is 1. The highest BCUT2D eigenvalue weighted by Crippen LogP contribution is 2.30. The first kappa shape index (κ1) is 17.5. The van der Waals surface area contributed by atoms with Crippen LogP contribution in [0.4, 0.5) is 11.4 Å². The summed E-state index contributed by atoms with van der Waals surface area (Å²) in [7, 11) is 1.45. The number of anilines is 1. The van der Waals surface area contributed by atoms with Crippen LogP contribution in [0.3, 0.4) is 0 Å². The molecule has 132 valence electrons. The van der Waals surface area contributed by atoms with Crippen LogP contribution in [-0.2, 0) is 0 Å². The third-order valence-corrected chi connectivity index (χ3v) is 4.01. The predicted molar refractivity (Wildman–Crippen MR) is 98.4 cm³/mol. The minimum absolute atomic E-state index is 0.115. The van der Waals surface area contributed by atoms with Crippen molar-refractivity contribution in [3.63, 3.8) is 0 Å². The first-order chi connectivity index (χ1) is 12.5. The molecule has 0 fully saturated rings. The van der Waals surface area contributed by atoms with Gasteiger partial charge in [0.25, 0.3) is 11.6 Å². The standard InChI is InChI=1S/C18H14ClN3O4/c1-26-17-11-16(21-7-2-3-8-21)15(19)10-14(17)18(23)20-12-5-4-6-13(9-12)22(24)25/h2-11H,1H3,(H,20,23). The van der Waals surface area contributed by atoms with E-state index in [1.165, 1.54) is 31.4 Å². The molecule has 1 N–H and O–H groups in total. The van der Waals surface area contributed by atoms with Gasteiger partial charge in [-0.05, 0) is 24.3 Å². The van der Waals surface area contributed by atoms with Crippen molar-refractivity contribution in [2.24, 2.45) is 0 Å². The number of nitro groups is 1. The van der Waals surface area contributed by atoms with Crippen molar-refractivity contribution in [1.29, 1.82) is 0 Å². The molecule has 0 spiro atoms. The van der Waals surface area contributed by atoms with Crippen LogP contribution in [0.25, 0.3) is 5.69 Å². The third kappa shape index (κ3) is 3.52. The van der Waals surface area contributed by atoms with Gasteiger partial charge >= 0.3 is 0 Å². The minimum atomic E-state index is -0.529. The molecular weight excluding hydrogens is 358 g/mol. The van der Waals surface area contributed by atoms with E-state index < -0.39 is 10.8 Å². The average molecular weight is 372 g/mol. The summed E-state index contributed by atoms with van der Waals surface area (Å²) in [5.74, 6) is -0.149. The largest absolute Gasteiger partial charge is 0.496 e. The molecule has 0 unspecified atom stereocenters. The maximum Gasteiger partial charge on any atom is 0.271 e. The molecule has 0 aliphatic heterocycles. The van der Waals surface area contributed by atoms with Crippen molar-refractivity contribution < 1.29 is 14.5 Å². The zero-order chi connectivity index (χ0) is 18.7. The highest BCUT2D eigenvalue weighted by atomic mass is 35.5. The number of aromatic nitrogens is 1. The molecule has 0 saturated carbocycles. The van der Waals surface area contributed by atoms with Crippen LogP contribution in [0.2, 0.25) is 5.02 Å². The van der Waals surface area contributed by atoms with Gasteiger partial charge in [-0.15, -0.1) is 0 Å². The van der Waals surface area contributed by atoms with E-state index in [4.69, 9.17) is 16.3 Å². The molecule has 26 heavy (non-hydrogen) atoms. The van der Waals surface area contributed by atoms with Gasteiger partial charge < -0.3 is 14.6 Å². The molecule has 0 aliphatic rings. The fourth-order valence-electron chi connectivity index (χ4n) is 2.48. The van der Waals surface area contributed by atoms with Gasteiger partial charge in [0.1, 0.15) is 5.75 Å². The molecule has 8 heteroatoms. The number of carbonyl (C=O) groups is 1. The smallest absolute Gasteiger partial charge is 0.271 e. The van der Waals surface area contributed by atoms with Gasteiger partial charge in [0.15, 0.2) is 0 Å². The summed E-state index contributed by atoms with van der Waals surface area (Å²) >= 11 is 6.32. The van der Waals surface area contributed by atoms with Crippen LogP contribution in [0.1, 0.15) is 10.4 Å². The minimum Gasteiger partial charge on any atom is -0.496 e. The SMILES string of the molecule is COc1cc(-n2cccc2)c(Cl)cc1C(=O)Nc1cccc([N+](=O)[O-])c1. The zero-order valence-electron chi connectivity index (χ0n) is 13.7. The second-order valence-corrected chi connectivity index (χ2v) is 5.76. The Morgan fingerprint density at radius 1 is 1.19 bits per heavy atom. The van der Waals surface area contributed by atoms with Gasteiger partial charge in [-0.3, -0.25) is 14.9 Å². The number of hydrogen-bond acceptors (Lipinski definition) is 4. The van der Waals surface area contributed by atoms with Gasteiger partial charge in [0.05, 0.1) is 28.3 Å². The number of non-ortho nitro benzene ring substituents is 1. The van der Waals surface area contributed by atoms with Crippen molar-refractivity contribution in [3.8, 4) is 11.4 Å². The molecule has 0 aliphatic carbocycles. The van der Waals surface area contributed by atoms with Crippen molar-refractivity contribution in [3.05, 3.63) is 81.6 Å². The Hall–Kier alpha value is -3.32. The summed E-state index contributed by atoms with van der Waals surface area (Å²) in [6, 6.07) is 12.5. The molecule has 1 amide bonds. The van der Waals surface area contributed by atoms with E-state index in [1.807, 2.05) is 24.5 Å². The van der Waals surface area contributed by atoms with Crippen LogP contribution in [-0.4, -0.2) is 22.5 Å². The van der Waals surface area contributed by atoms with E-state index in [2.05, 4.69) is 5.32 Å². The van der Waals surface area contributed by atoms with E-state index >= 15 is 0 Å². The number of nitro benzene ring substituents is 1. The van der Waals surface area contributed by atoms with Gasteiger partial charge in [0.2, 0.25) is 0 Å². The molecule has 1 heterocycles. The third-order valence-electron chi connectivity index (χ3n) is 3.71. The van der Waals surface area contributed by atoms with Crippen molar-refractivity contribution in [2.75, 3.05) is 12.4 Å². The first-order valence-corrected chi connectivity index (χ1v) is 7.94. The molecule has 0 atom stereocenters. The Morgan fingerprint density at radius 3 is 2.58 bits per heavy atom. The maximum absolute atomic E-state index is 12.6. The van der Waals surface area contributed by atoms with Crippen molar-refractivity contribution in [2.45, 2.75) is 0 Å². The van der Waals surface area contributed by atoms with Crippen LogP contribution in [0.5, 0.6) is 5.75 Å². The average Bonchev–Trinajstić information content (AvgIpc) is 3.16. The summed E-state index contributed by atoms with van der Waals surface area (Å²) in [6.07, 6.45) is 3.65. The molecule has 7 nitrogen and oxygen atoms in total. The van der Waals surface area contributed by atoms with E-state index in [1.54, 1.807) is 16.7 Å². The van der Waals surface area contributed by atoms with E-state index in [9.17, 15) is 14.9 Å². The van der Waals surface area contributed by atoms with Crippen molar-refractivity contribution >= 4 is 28.9 Å². The number of nitrogens with one attached hydrogen (secondary N) is 1. The van der Waals surface area contributed by atoms with Gasteiger partial charge in [0, 0.05) is 36.3 Å². The number of carbonyl (C=O) groups excluding carboxylic acids is 1. The van der Waals surface area contributed by atoms with Gasteiger partial charge in [-0.2, -0.15) is 0 Å². The number of methoxy groups -OCH3 is 1. The highest BCUT2D eigenvalue weighted by molar-refractivity contribution is 6.33. The van der Waals surface area contributed by atoms with Crippen LogP contribution < -0.4 is 10.1 Å². The number of nitrogens with zero attached hydrogens (tertiary/aromatic N) is 2. The summed E-state index contributed by atoms with van der Waals surface area (Å²) < 4.78 is 7.12. The quantitative estimate of drug-likeness (QED) is 0.535. The number of amides is 1. The molecule has 2 aromatic carbocycles. The van der Waals surface area contributed by atoms with Crippen LogP contribution in [0, 0.1) is 10.1 Å². The zero-order valence-corrected chi connectivity index (χ0v) is 14.4. The van der Waals surface area contributed by atoms with Crippen LogP contribution >= 0.6 is 11.6 Å². The second-order valence-electron chi connectivity index (χ2n) is 5.36. The molecule has 3 aromatic rings. The Bertz CT molecular complexity index is 971. The summed E-state index contributed by atoms with van der Waals surface area (Å²) in [4.78, 5) is 22.9. The highest BCUT2D eigenvalue weighted by Gasteiger charge is 2.17. The molecule has 0 saturated heterocycles. The fraction of sp³-hybridized carbons (Fsp3) is 0.0556. The molecule has 1 aromatic heterocycles. The lowest BCUT2D eigenvalue weighted by atomic mass is 10.1. The first-order valence-electron chi connectivity index (χ1n) is 7.56. The fourth-order valence-corrected chi connectivity index (χ4v) is 2.74. The Balaban J connectivity index is 1.93. The predicted octanol–water partition coefficient (Wildman–Crippen LogP) is 4.30. The van der Waals surface area contributed by atoms with Gasteiger partial charge in [-0.1, -0.05) is 17.7 Å². The molecule has 0 bridgehead atoms. The number of halogens is 1.